The molecule has 0 spiro atoms. The van der Waals surface area contributed by atoms with E-state index >= 15 is 0 Å². The van der Waals surface area contributed by atoms with Crippen molar-refractivity contribution in [1.29, 1.82) is 0 Å². The van der Waals surface area contributed by atoms with Crippen molar-refractivity contribution >= 4 is 0 Å². The number of hydrogen-bond donors (Lipinski definition) is 1. The van der Waals surface area contributed by atoms with E-state index in [0.717, 1.165) is 18.4 Å². The Hall–Kier alpha value is -0.860. The highest BCUT2D eigenvalue weighted by molar-refractivity contribution is 5.32. The molecule has 1 heterocycles. The van der Waals surface area contributed by atoms with Gasteiger partial charge in [-0.3, -0.25) is 0 Å². The zero-order valence-electron chi connectivity index (χ0n) is 12.1. The standard InChI is InChI=1S/C16H26N2/c1-11-5-6-15(12(2)7-11)16(17)10-18-8-13(3)14(4)9-18/h5-7,13-14,16H,8-10,17H2,1-4H3. The topological polar surface area (TPSA) is 29.3 Å². The lowest BCUT2D eigenvalue weighted by atomic mass is 9.99. The summed E-state index contributed by atoms with van der Waals surface area (Å²) in [5, 5.41) is 0. The fraction of sp³-hybridized carbons (Fsp3) is 0.625. The normalized spacial score (nSPS) is 26.5. The van der Waals surface area contributed by atoms with Gasteiger partial charge in [-0.25, -0.2) is 0 Å². The molecule has 0 saturated carbocycles. The molecule has 1 aliphatic heterocycles. The van der Waals surface area contributed by atoms with Gasteiger partial charge in [0.2, 0.25) is 0 Å². The summed E-state index contributed by atoms with van der Waals surface area (Å²) < 4.78 is 0. The lowest BCUT2D eigenvalue weighted by Crippen LogP contribution is -2.31. The molecular formula is C16H26N2. The van der Waals surface area contributed by atoms with Gasteiger partial charge in [-0.1, -0.05) is 37.6 Å². The fourth-order valence-corrected chi connectivity index (χ4v) is 3.02. The quantitative estimate of drug-likeness (QED) is 0.888. The molecule has 1 fully saturated rings. The Balaban J connectivity index is 2.01. The van der Waals surface area contributed by atoms with Crippen LogP contribution in [0.2, 0.25) is 0 Å². The highest BCUT2D eigenvalue weighted by Gasteiger charge is 2.27. The molecule has 2 nitrogen and oxygen atoms in total. The number of likely N-dealkylation sites (tertiary alicyclic amines) is 1. The molecule has 2 rings (SSSR count). The lowest BCUT2D eigenvalue weighted by Gasteiger charge is -2.22. The summed E-state index contributed by atoms with van der Waals surface area (Å²) in [5.74, 6) is 1.60. The van der Waals surface area contributed by atoms with Gasteiger partial charge in [0.1, 0.15) is 0 Å². The highest BCUT2D eigenvalue weighted by atomic mass is 15.2. The zero-order valence-corrected chi connectivity index (χ0v) is 12.1. The molecule has 1 aromatic carbocycles. The van der Waals surface area contributed by atoms with E-state index < -0.39 is 0 Å². The third-order valence-electron chi connectivity index (χ3n) is 4.34. The van der Waals surface area contributed by atoms with Gasteiger partial charge in [-0.05, 0) is 36.8 Å². The molecule has 2 heteroatoms. The summed E-state index contributed by atoms with van der Waals surface area (Å²) in [5.41, 5.74) is 10.3. The first-order valence-electron chi connectivity index (χ1n) is 7.02. The summed E-state index contributed by atoms with van der Waals surface area (Å²) in [6.45, 7) is 12.3. The number of rotatable bonds is 3. The third-order valence-corrected chi connectivity index (χ3v) is 4.34. The Morgan fingerprint density at radius 2 is 1.83 bits per heavy atom. The van der Waals surface area contributed by atoms with E-state index in [4.69, 9.17) is 5.73 Å². The smallest absolute Gasteiger partial charge is 0.0426 e. The molecule has 3 atom stereocenters. The second kappa shape index (κ2) is 5.41. The maximum Gasteiger partial charge on any atom is 0.0426 e. The largest absolute Gasteiger partial charge is 0.323 e. The maximum atomic E-state index is 6.37. The number of aryl methyl sites for hydroxylation is 2. The van der Waals surface area contributed by atoms with Crippen LogP contribution in [0.15, 0.2) is 18.2 Å². The minimum Gasteiger partial charge on any atom is -0.323 e. The molecule has 1 saturated heterocycles. The van der Waals surface area contributed by atoms with E-state index in [-0.39, 0.29) is 6.04 Å². The molecule has 18 heavy (non-hydrogen) atoms. The van der Waals surface area contributed by atoms with Crippen LogP contribution in [0.1, 0.15) is 36.6 Å². The first-order chi connectivity index (χ1) is 8.47. The summed E-state index contributed by atoms with van der Waals surface area (Å²) in [6, 6.07) is 6.73. The summed E-state index contributed by atoms with van der Waals surface area (Å²) in [4.78, 5) is 2.51. The fourth-order valence-electron chi connectivity index (χ4n) is 3.02. The molecule has 1 aliphatic rings. The van der Waals surface area contributed by atoms with E-state index in [1.807, 2.05) is 0 Å². The Labute approximate surface area is 111 Å². The molecule has 2 N–H and O–H groups in total. The maximum absolute atomic E-state index is 6.37. The first kappa shape index (κ1) is 13.6. The minimum atomic E-state index is 0.142. The van der Waals surface area contributed by atoms with Crippen LogP contribution in [0.25, 0.3) is 0 Å². The van der Waals surface area contributed by atoms with Crippen LogP contribution >= 0.6 is 0 Å². The zero-order chi connectivity index (χ0) is 13.3. The number of benzene rings is 1. The van der Waals surface area contributed by atoms with Crippen molar-refractivity contribution in [2.45, 2.75) is 33.7 Å². The van der Waals surface area contributed by atoms with Crippen LogP contribution < -0.4 is 5.73 Å². The van der Waals surface area contributed by atoms with Gasteiger partial charge in [0.05, 0.1) is 0 Å². The Morgan fingerprint density at radius 3 is 2.39 bits per heavy atom. The van der Waals surface area contributed by atoms with Crippen LogP contribution in [0.4, 0.5) is 0 Å². The number of nitrogens with two attached hydrogens (primary N) is 1. The lowest BCUT2D eigenvalue weighted by molar-refractivity contribution is 0.302. The van der Waals surface area contributed by atoms with E-state index in [1.54, 1.807) is 0 Å². The monoisotopic (exact) mass is 246 g/mol. The van der Waals surface area contributed by atoms with Crippen LogP contribution in [-0.2, 0) is 0 Å². The van der Waals surface area contributed by atoms with Gasteiger partial charge in [-0.15, -0.1) is 0 Å². The van der Waals surface area contributed by atoms with Crippen molar-refractivity contribution < 1.29 is 0 Å². The van der Waals surface area contributed by atoms with Crippen molar-refractivity contribution in [3.63, 3.8) is 0 Å². The van der Waals surface area contributed by atoms with Crippen molar-refractivity contribution in [2.75, 3.05) is 19.6 Å². The van der Waals surface area contributed by atoms with E-state index in [2.05, 4.69) is 50.8 Å². The Kier molecular flexibility index (Phi) is 4.08. The van der Waals surface area contributed by atoms with Crippen molar-refractivity contribution in [3.05, 3.63) is 34.9 Å². The minimum absolute atomic E-state index is 0.142. The Morgan fingerprint density at radius 1 is 1.22 bits per heavy atom. The molecule has 0 aromatic heterocycles. The predicted octanol–water partition coefficient (Wildman–Crippen LogP) is 2.89. The average molecular weight is 246 g/mol. The second-order valence-electron chi connectivity index (χ2n) is 6.14. The highest BCUT2D eigenvalue weighted by Crippen LogP contribution is 2.25. The van der Waals surface area contributed by atoms with Crippen LogP contribution in [0.5, 0.6) is 0 Å². The molecule has 0 bridgehead atoms. The van der Waals surface area contributed by atoms with Crippen LogP contribution in [0, 0.1) is 25.7 Å². The summed E-state index contributed by atoms with van der Waals surface area (Å²) in [6.07, 6.45) is 0. The van der Waals surface area contributed by atoms with Gasteiger partial charge in [-0.2, -0.15) is 0 Å². The van der Waals surface area contributed by atoms with Gasteiger partial charge in [0, 0.05) is 25.7 Å². The van der Waals surface area contributed by atoms with Crippen molar-refractivity contribution in [2.24, 2.45) is 17.6 Å². The Bertz CT molecular complexity index is 404. The first-order valence-corrected chi connectivity index (χ1v) is 7.02. The molecule has 0 radical (unpaired) electrons. The summed E-state index contributed by atoms with van der Waals surface area (Å²) in [7, 11) is 0. The van der Waals surface area contributed by atoms with E-state index in [9.17, 15) is 0 Å². The van der Waals surface area contributed by atoms with Crippen LogP contribution in [0.3, 0.4) is 0 Å². The van der Waals surface area contributed by atoms with Gasteiger partial charge < -0.3 is 10.6 Å². The molecular weight excluding hydrogens is 220 g/mol. The van der Waals surface area contributed by atoms with Gasteiger partial charge in [0.15, 0.2) is 0 Å². The SMILES string of the molecule is Cc1ccc(C(N)CN2CC(C)C(C)C2)c(C)c1. The van der Waals surface area contributed by atoms with Gasteiger partial charge in [0.25, 0.3) is 0 Å². The second-order valence-corrected chi connectivity index (χ2v) is 6.14. The average Bonchev–Trinajstić information content (AvgIpc) is 2.57. The molecule has 1 aromatic rings. The number of hydrogen-bond acceptors (Lipinski definition) is 2. The van der Waals surface area contributed by atoms with Crippen LogP contribution in [-0.4, -0.2) is 24.5 Å². The predicted molar refractivity (Wildman–Crippen MR) is 77.6 cm³/mol. The third kappa shape index (κ3) is 2.93. The molecule has 100 valence electrons. The molecule has 0 amide bonds. The van der Waals surface area contributed by atoms with E-state index in [1.165, 1.54) is 29.8 Å². The van der Waals surface area contributed by atoms with E-state index in [0.29, 0.717) is 0 Å². The molecule has 0 aliphatic carbocycles. The molecule has 3 unspecified atom stereocenters. The van der Waals surface area contributed by atoms with Gasteiger partial charge >= 0.3 is 0 Å². The summed E-state index contributed by atoms with van der Waals surface area (Å²) >= 11 is 0. The van der Waals surface area contributed by atoms with Crippen molar-refractivity contribution in [1.82, 2.24) is 4.90 Å². The number of nitrogens with zero attached hydrogens (tertiary/aromatic N) is 1. The van der Waals surface area contributed by atoms with Crippen molar-refractivity contribution in [3.8, 4) is 0 Å².